The summed E-state index contributed by atoms with van der Waals surface area (Å²) >= 11 is 0. The molecule has 1 aromatic heterocycles. The molecule has 0 atom stereocenters. The Morgan fingerprint density at radius 1 is 1.37 bits per heavy atom. The molecule has 19 heavy (non-hydrogen) atoms. The fourth-order valence-electron chi connectivity index (χ4n) is 2.16. The van der Waals surface area contributed by atoms with E-state index in [1.54, 1.807) is 6.07 Å². The van der Waals surface area contributed by atoms with Gasteiger partial charge < -0.3 is 14.6 Å². The molecule has 1 aliphatic heterocycles. The van der Waals surface area contributed by atoms with Crippen molar-refractivity contribution in [2.45, 2.75) is 30.5 Å². The van der Waals surface area contributed by atoms with E-state index >= 15 is 0 Å². The molecule has 0 aromatic carbocycles. The standard InChI is InChI=1S/C12H21N3O3S/c1-13-19(16,17)12-4-3-11(18-12)9-14-10-5-7-15(2)8-6-10/h3-4,10,13-14H,5-9H2,1-2H3. The first-order chi connectivity index (χ1) is 9.01. The van der Waals surface area contributed by atoms with Crippen molar-refractivity contribution in [2.24, 2.45) is 0 Å². The van der Waals surface area contributed by atoms with Crippen LogP contribution in [0.4, 0.5) is 0 Å². The number of nitrogens with one attached hydrogen (secondary N) is 2. The maximum Gasteiger partial charge on any atom is 0.273 e. The van der Waals surface area contributed by atoms with E-state index in [0.29, 0.717) is 18.3 Å². The summed E-state index contributed by atoms with van der Waals surface area (Å²) in [7, 11) is 0.0131. The van der Waals surface area contributed by atoms with Gasteiger partial charge in [0.25, 0.3) is 10.0 Å². The summed E-state index contributed by atoms with van der Waals surface area (Å²) in [5.41, 5.74) is 0. The van der Waals surface area contributed by atoms with E-state index in [1.807, 2.05) is 0 Å². The maximum absolute atomic E-state index is 11.5. The average Bonchev–Trinajstić information content (AvgIpc) is 2.88. The lowest BCUT2D eigenvalue weighted by Gasteiger charge is -2.29. The molecule has 0 saturated carbocycles. The zero-order chi connectivity index (χ0) is 13.9. The first-order valence-corrected chi connectivity index (χ1v) is 7.94. The molecular formula is C12H21N3O3S. The van der Waals surface area contributed by atoms with E-state index < -0.39 is 10.0 Å². The van der Waals surface area contributed by atoms with Gasteiger partial charge in [-0.25, -0.2) is 13.1 Å². The van der Waals surface area contributed by atoms with Crippen molar-refractivity contribution in [1.82, 2.24) is 14.9 Å². The summed E-state index contributed by atoms with van der Waals surface area (Å²) in [6.45, 7) is 2.75. The third-order valence-corrected chi connectivity index (χ3v) is 4.74. The van der Waals surface area contributed by atoms with E-state index in [1.165, 1.54) is 13.1 Å². The lowest BCUT2D eigenvalue weighted by atomic mass is 10.1. The highest BCUT2D eigenvalue weighted by Gasteiger charge is 2.18. The highest BCUT2D eigenvalue weighted by molar-refractivity contribution is 7.89. The zero-order valence-electron chi connectivity index (χ0n) is 11.3. The molecule has 0 bridgehead atoms. The first kappa shape index (κ1) is 14.5. The fraction of sp³-hybridized carbons (Fsp3) is 0.667. The molecule has 2 rings (SSSR count). The van der Waals surface area contributed by atoms with Gasteiger partial charge in [0.1, 0.15) is 5.76 Å². The van der Waals surface area contributed by atoms with Crippen LogP contribution >= 0.6 is 0 Å². The van der Waals surface area contributed by atoms with Gasteiger partial charge >= 0.3 is 0 Å². The number of hydrogen-bond acceptors (Lipinski definition) is 5. The molecule has 1 fully saturated rings. The number of hydrogen-bond donors (Lipinski definition) is 2. The number of nitrogens with zero attached hydrogens (tertiary/aromatic N) is 1. The summed E-state index contributed by atoms with van der Waals surface area (Å²) in [5, 5.41) is 3.37. The molecule has 0 unspecified atom stereocenters. The van der Waals surface area contributed by atoms with Crippen molar-refractivity contribution < 1.29 is 12.8 Å². The van der Waals surface area contributed by atoms with Crippen LogP contribution in [0.5, 0.6) is 0 Å². The second kappa shape index (κ2) is 6.04. The van der Waals surface area contributed by atoms with Crippen LogP contribution in [0.15, 0.2) is 21.6 Å². The Morgan fingerprint density at radius 2 is 2.05 bits per heavy atom. The molecule has 2 heterocycles. The van der Waals surface area contributed by atoms with Crippen LogP contribution in [0.1, 0.15) is 18.6 Å². The molecule has 0 radical (unpaired) electrons. The van der Waals surface area contributed by atoms with Gasteiger partial charge in [0.15, 0.2) is 0 Å². The quantitative estimate of drug-likeness (QED) is 0.818. The summed E-state index contributed by atoms with van der Waals surface area (Å²) in [6, 6.07) is 3.66. The Kier molecular flexibility index (Phi) is 4.62. The normalized spacial score (nSPS) is 18.8. The van der Waals surface area contributed by atoms with E-state index in [-0.39, 0.29) is 5.09 Å². The topological polar surface area (TPSA) is 74.6 Å². The predicted octanol–water partition coefficient (Wildman–Crippen LogP) is 0.372. The van der Waals surface area contributed by atoms with Crippen molar-refractivity contribution in [1.29, 1.82) is 0 Å². The number of rotatable bonds is 5. The van der Waals surface area contributed by atoms with Gasteiger partial charge in [-0.15, -0.1) is 0 Å². The Balaban J connectivity index is 1.87. The van der Waals surface area contributed by atoms with Crippen molar-refractivity contribution in [2.75, 3.05) is 27.2 Å². The van der Waals surface area contributed by atoms with Crippen LogP contribution in [0.2, 0.25) is 0 Å². The highest BCUT2D eigenvalue weighted by Crippen LogP contribution is 2.14. The largest absolute Gasteiger partial charge is 0.447 e. The summed E-state index contributed by atoms with van der Waals surface area (Å²) < 4.78 is 30.6. The van der Waals surface area contributed by atoms with Crippen molar-refractivity contribution in [3.8, 4) is 0 Å². The second-order valence-electron chi connectivity index (χ2n) is 4.89. The Labute approximate surface area is 114 Å². The number of piperidine rings is 1. The Bertz CT molecular complexity index is 504. The van der Waals surface area contributed by atoms with Crippen LogP contribution in [-0.4, -0.2) is 46.5 Å². The molecule has 0 amide bonds. The molecule has 6 nitrogen and oxygen atoms in total. The third kappa shape index (κ3) is 3.79. The smallest absolute Gasteiger partial charge is 0.273 e. The highest BCUT2D eigenvalue weighted by atomic mass is 32.2. The lowest BCUT2D eigenvalue weighted by molar-refractivity contribution is 0.230. The minimum atomic E-state index is -3.48. The van der Waals surface area contributed by atoms with Crippen LogP contribution in [0, 0.1) is 0 Å². The second-order valence-corrected chi connectivity index (χ2v) is 6.70. The van der Waals surface area contributed by atoms with Gasteiger partial charge in [-0.2, -0.15) is 0 Å². The minimum Gasteiger partial charge on any atom is -0.447 e. The van der Waals surface area contributed by atoms with Crippen molar-refractivity contribution in [3.05, 3.63) is 17.9 Å². The molecule has 2 N–H and O–H groups in total. The van der Waals surface area contributed by atoms with Gasteiger partial charge in [-0.1, -0.05) is 0 Å². The average molecular weight is 287 g/mol. The molecule has 108 valence electrons. The zero-order valence-corrected chi connectivity index (χ0v) is 12.2. The SMILES string of the molecule is CNS(=O)(=O)c1ccc(CNC2CCN(C)CC2)o1. The minimum absolute atomic E-state index is 0.0322. The van der Waals surface area contributed by atoms with Crippen LogP contribution in [-0.2, 0) is 16.6 Å². The monoisotopic (exact) mass is 287 g/mol. The molecule has 0 spiro atoms. The van der Waals surface area contributed by atoms with E-state index in [2.05, 4.69) is 22.0 Å². The van der Waals surface area contributed by atoms with Crippen LogP contribution < -0.4 is 10.0 Å². The number of sulfonamides is 1. The molecule has 0 aliphatic carbocycles. The maximum atomic E-state index is 11.5. The predicted molar refractivity (Wildman–Crippen MR) is 72.3 cm³/mol. The van der Waals surface area contributed by atoms with Gasteiger partial charge in [-0.3, -0.25) is 0 Å². The van der Waals surface area contributed by atoms with E-state index in [4.69, 9.17) is 4.42 Å². The number of likely N-dealkylation sites (tertiary alicyclic amines) is 1. The van der Waals surface area contributed by atoms with Gasteiger partial charge in [0.05, 0.1) is 6.54 Å². The molecule has 1 aromatic rings. The van der Waals surface area contributed by atoms with Crippen LogP contribution in [0.3, 0.4) is 0 Å². The fourth-order valence-corrected chi connectivity index (χ4v) is 2.82. The Morgan fingerprint density at radius 3 is 2.68 bits per heavy atom. The van der Waals surface area contributed by atoms with Gasteiger partial charge in [0.2, 0.25) is 5.09 Å². The molecule has 7 heteroatoms. The van der Waals surface area contributed by atoms with Crippen molar-refractivity contribution in [3.63, 3.8) is 0 Å². The first-order valence-electron chi connectivity index (χ1n) is 6.45. The summed E-state index contributed by atoms with van der Waals surface area (Å²) in [4.78, 5) is 2.31. The molecule has 1 aliphatic rings. The molecular weight excluding hydrogens is 266 g/mol. The lowest BCUT2D eigenvalue weighted by Crippen LogP contribution is -2.40. The summed E-state index contributed by atoms with van der Waals surface area (Å²) in [6.07, 6.45) is 2.22. The third-order valence-electron chi connectivity index (χ3n) is 3.45. The van der Waals surface area contributed by atoms with Gasteiger partial charge in [-0.05, 0) is 52.2 Å². The van der Waals surface area contributed by atoms with Crippen molar-refractivity contribution >= 4 is 10.0 Å². The summed E-state index contributed by atoms with van der Waals surface area (Å²) in [5.74, 6) is 0.646. The van der Waals surface area contributed by atoms with E-state index in [0.717, 1.165) is 25.9 Å². The molecule has 1 saturated heterocycles. The van der Waals surface area contributed by atoms with Gasteiger partial charge in [0, 0.05) is 6.04 Å². The van der Waals surface area contributed by atoms with E-state index in [9.17, 15) is 8.42 Å². The Hall–Kier alpha value is -0.890. The van der Waals surface area contributed by atoms with Crippen LogP contribution in [0.25, 0.3) is 0 Å². The number of furan rings is 1.